The van der Waals surface area contributed by atoms with E-state index in [1.807, 2.05) is 13.8 Å². The van der Waals surface area contributed by atoms with Gasteiger partial charge in [-0.25, -0.2) is 9.18 Å². The molecular formula is C13H15BrFNO3. The summed E-state index contributed by atoms with van der Waals surface area (Å²) < 4.78 is 13.3. The number of carbonyl (C=O) groups excluding carboxylic acids is 1. The summed E-state index contributed by atoms with van der Waals surface area (Å²) in [4.78, 5) is 23.0. The molecule has 0 spiro atoms. The van der Waals surface area contributed by atoms with Gasteiger partial charge in [0.05, 0.1) is 10.0 Å². The number of nitrogens with one attached hydrogen (secondary N) is 1. The highest BCUT2D eigenvalue weighted by molar-refractivity contribution is 9.10. The second kappa shape index (κ2) is 6.65. The average molecular weight is 332 g/mol. The van der Waals surface area contributed by atoms with Crippen LogP contribution in [0.3, 0.4) is 0 Å². The molecule has 1 amide bonds. The number of rotatable bonds is 5. The van der Waals surface area contributed by atoms with Crippen LogP contribution in [0.4, 0.5) is 4.39 Å². The van der Waals surface area contributed by atoms with Crippen LogP contribution in [-0.4, -0.2) is 23.0 Å². The molecule has 19 heavy (non-hydrogen) atoms. The van der Waals surface area contributed by atoms with Gasteiger partial charge in [-0.3, -0.25) is 4.79 Å². The number of amides is 1. The predicted molar refractivity (Wildman–Crippen MR) is 72.4 cm³/mol. The highest BCUT2D eigenvalue weighted by Gasteiger charge is 2.23. The van der Waals surface area contributed by atoms with E-state index in [4.69, 9.17) is 5.11 Å². The molecule has 1 rings (SSSR count). The number of aliphatic carboxylic acids is 1. The number of carbonyl (C=O) groups is 2. The Labute approximate surface area is 119 Å². The van der Waals surface area contributed by atoms with Crippen LogP contribution in [0.1, 0.15) is 30.6 Å². The molecule has 1 atom stereocenters. The van der Waals surface area contributed by atoms with Gasteiger partial charge in [0.25, 0.3) is 5.91 Å². The standard InChI is InChI=1S/C13H15BrFNO3/c1-7(2)6-10(13(18)19)16-12(17)8-4-3-5-9(15)11(8)14/h3-5,7,10H,6H2,1-2H3,(H,16,17)(H,18,19)/t10-/m1/s1. The first kappa shape index (κ1) is 15.6. The van der Waals surface area contributed by atoms with Crippen LogP contribution in [-0.2, 0) is 4.79 Å². The van der Waals surface area contributed by atoms with Crippen molar-refractivity contribution in [1.82, 2.24) is 5.32 Å². The van der Waals surface area contributed by atoms with Gasteiger partial charge >= 0.3 is 5.97 Å². The summed E-state index contributed by atoms with van der Waals surface area (Å²) in [6.45, 7) is 3.72. The smallest absolute Gasteiger partial charge is 0.326 e. The Morgan fingerprint density at radius 2 is 2.05 bits per heavy atom. The summed E-state index contributed by atoms with van der Waals surface area (Å²) in [5, 5.41) is 11.4. The molecule has 0 saturated heterocycles. The van der Waals surface area contributed by atoms with Crippen molar-refractivity contribution in [1.29, 1.82) is 0 Å². The van der Waals surface area contributed by atoms with E-state index in [9.17, 15) is 14.0 Å². The normalized spacial score (nSPS) is 12.3. The maximum Gasteiger partial charge on any atom is 0.326 e. The van der Waals surface area contributed by atoms with E-state index in [1.54, 1.807) is 0 Å². The lowest BCUT2D eigenvalue weighted by Gasteiger charge is -2.17. The molecule has 0 heterocycles. The predicted octanol–water partition coefficient (Wildman–Crippen LogP) is 2.82. The monoisotopic (exact) mass is 331 g/mol. The summed E-state index contributed by atoms with van der Waals surface area (Å²) in [6, 6.07) is 3.05. The Morgan fingerprint density at radius 3 is 2.58 bits per heavy atom. The molecule has 0 unspecified atom stereocenters. The van der Waals surface area contributed by atoms with Crippen LogP contribution >= 0.6 is 15.9 Å². The molecule has 0 aliphatic rings. The zero-order valence-electron chi connectivity index (χ0n) is 10.6. The molecule has 0 aliphatic heterocycles. The van der Waals surface area contributed by atoms with Crippen molar-refractivity contribution in [3.8, 4) is 0 Å². The molecule has 1 aromatic rings. The van der Waals surface area contributed by atoms with Crippen LogP contribution in [0.2, 0.25) is 0 Å². The van der Waals surface area contributed by atoms with Crippen molar-refractivity contribution >= 4 is 27.8 Å². The van der Waals surface area contributed by atoms with Gasteiger partial charge in [-0.1, -0.05) is 19.9 Å². The molecule has 0 fully saturated rings. The highest BCUT2D eigenvalue weighted by Crippen LogP contribution is 2.20. The molecule has 4 nitrogen and oxygen atoms in total. The number of benzene rings is 1. The number of hydrogen-bond donors (Lipinski definition) is 2. The van der Waals surface area contributed by atoms with E-state index in [1.165, 1.54) is 18.2 Å². The first-order valence-corrected chi connectivity index (χ1v) is 6.60. The lowest BCUT2D eigenvalue weighted by molar-refractivity contribution is -0.139. The summed E-state index contributed by atoms with van der Waals surface area (Å²) >= 11 is 2.98. The van der Waals surface area contributed by atoms with Gasteiger partial charge in [-0.2, -0.15) is 0 Å². The first-order valence-electron chi connectivity index (χ1n) is 5.80. The third-order valence-electron chi connectivity index (χ3n) is 2.51. The fourth-order valence-corrected chi connectivity index (χ4v) is 2.05. The maximum atomic E-state index is 13.3. The lowest BCUT2D eigenvalue weighted by Crippen LogP contribution is -2.41. The van der Waals surface area contributed by atoms with Gasteiger partial charge in [0.1, 0.15) is 11.9 Å². The first-order chi connectivity index (χ1) is 8.82. The minimum atomic E-state index is -1.10. The molecule has 2 N–H and O–H groups in total. The Morgan fingerprint density at radius 1 is 1.42 bits per heavy atom. The maximum absolute atomic E-state index is 13.3. The third kappa shape index (κ3) is 4.31. The number of halogens is 2. The zero-order valence-corrected chi connectivity index (χ0v) is 12.2. The van der Waals surface area contributed by atoms with Crippen molar-refractivity contribution in [3.63, 3.8) is 0 Å². The van der Waals surface area contributed by atoms with E-state index in [-0.39, 0.29) is 16.0 Å². The lowest BCUT2D eigenvalue weighted by atomic mass is 10.0. The molecular weight excluding hydrogens is 317 g/mol. The Kier molecular flexibility index (Phi) is 5.47. The Balaban J connectivity index is 2.88. The fourth-order valence-electron chi connectivity index (χ4n) is 1.61. The van der Waals surface area contributed by atoms with Gasteiger partial charge in [0.15, 0.2) is 0 Å². The van der Waals surface area contributed by atoms with Crippen molar-refractivity contribution in [2.75, 3.05) is 0 Å². The Hall–Kier alpha value is -1.43. The molecule has 0 saturated carbocycles. The highest BCUT2D eigenvalue weighted by atomic mass is 79.9. The van der Waals surface area contributed by atoms with E-state index >= 15 is 0 Å². The van der Waals surface area contributed by atoms with Crippen molar-refractivity contribution < 1.29 is 19.1 Å². The van der Waals surface area contributed by atoms with Crippen LogP contribution in [0, 0.1) is 11.7 Å². The SMILES string of the molecule is CC(C)C[C@@H](NC(=O)c1cccc(F)c1Br)C(=O)O. The summed E-state index contributed by atoms with van der Waals surface area (Å²) in [7, 11) is 0. The molecule has 0 aromatic heterocycles. The fraction of sp³-hybridized carbons (Fsp3) is 0.385. The summed E-state index contributed by atoms with van der Waals surface area (Å²) in [5.74, 6) is -2.16. The molecule has 6 heteroatoms. The van der Waals surface area contributed by atoms with Gasteiger partial charge in [0, 0.05) is 0 Å². The summed E-state index contributed by atoms with van der Waals surface area (Å²) in [5.41, 5.74) is 0.0787. The summed E-state index contributed by atoms with van der Waals surface area (Å²) in [6.07, 6.45) is 0.314. The van der Waals surface area contributed by atoms with E-state index < -0.39 is 23.7 Å². The number of carboxylic acids is 1. The van der Waals surface area contributed by atoms with E-state index in [2.05, 4.69) is 21.2 Å². The minimum Gasteiger partial charge on any atom is -0.480 e. The molecule has 104 valence electrons. The van der Waals surface area contributed by atoms with E-state index in [0.29, 0.717) is 6.42 Å². The molecule has 0 radical (unpaired) electrons. The number of hydrogen-bond acceptors (Lipinski definition) is 2. The van der Waals surface area contributed by atoms with Crippen molar-refractivity contribution in [2.45, 2.75) is 26.3 Å². The molecule has 0 bridgehead atoms. The van der Waals surface area contributed by atoms with E-state index in [0.717, 1.165) is 0 Å². The molecule has 0 aliphatic carbocycles. The van der Waals surface area contributed by atoms with Gasteiger partial charge in [-0.15, -0.1) is 0 Å². The van der Waals surface area contributed by atoms with Crippen LogP contribution in [0.25, 0.3) is 0 Å². The van der Waals surface area contributed by atoms with Crippen LogP contribution in [0.5, 0.6) is 0 Å². The van der Waals surface area contributed by atoms with Crippen molar-refractivity contribution in [2.24, 2.45) is 5.92 Å². The quantitative estimate of drug-likeness (QED) is 0.871. The van der Waals surface area contributed by atoms with Gasteiger partial charge < -0.3 is 10.4 Å². The largest absolute Gasteiger partial charge is 0.480 e. The third-order valence-corrected chi connectivity index (χ3v) is 3.31. The van der Waals surface area contributed by atoms with Gasteiger partial charge in [0.2, 0.25) is 0 Å². The van der Waals surface area contributed by atoms with Crippen LogP contribution in [0.15, 0.2) is 22.7 Å². The topological polar surface area (TPSA) is 66.4 Å². The molecule has 1 aromatic carbocycles. The Bertz CT molecular complexity index is 491. The van der Waals surface area contributed by atoms with Gasteiger partial charge in [-0.05, 0) is 40.4 Å². The zero-order chi connectivity index (χ0) is 14.6. The minimum absolute atomic E-state index is 0.0289. The van der Waals surface area contributed by atoms with Crippen molar-refractivity contribution in [3.05, 3.63) is 34.1 Å². The number of carboxylic acid groups (broad SMARTS) is 1. The average Bonchev–Trinajstić information content (AvgIpc) is 2.31. The second-order valence-corrected chi connectivity index (χ2v) is 5.39. The van der Waals surface area contributed by atoms with Crippen LogP contribution < -0.4 is 5.32 Å². The second-order valence-electron chi connectivity index (χ2n) is 4.60.